The van der Waals surface area contributed by atoms with Crippen LogP contribution in [0.5, 0.6) is 0 Å². The second-order valence-electron chi connectivity index (χ2n) is 5.19. The van der Waals surface area contributed by atoms with Crippen molar-refractivity contribution in [3.05, 3.63) is 0 Å². The molecule has 1 N–H and O–H groups in total. The molecule has 2 aliphatic rings. The number of rotatable bonds is 3. The van der Waals surface area contributed by atoms with Crippen LogP contribution in [0.3, 0.4) is 0 Å². The van der Waals surface area contributed by atoms with Crippen LogP contribution in [-0.4, -0.2) is 75.4 Å². The molecule has 2 fully saturated rings. The number of hydrogen-bond donors (Lipinski definition) is 1. The van der Waals surface area contributed by atoms with Crippen LogP contribution in [0.2, 0.25) is 0 Å². The second-order valence-corrected chi connectivity index (χ2v) is 5.19. The Balaban J connectivity index is 1.74. The Hall–Kier alpha value is -0.160. The number of piperidine rings is 1. The monoisotopic (exact) mass is 227 g/mol. The van der Waals surface area contributed by atoms with Crippen molar-refractivity contribution in [2.75, 3.05) is 53.4 Å². The molecule has 0 bridgehead atoms. The molecule has 2 aliphatic heterocycles. The predicted octanol–water partition coefficient (Wildman–Crippen LogP) is 0.000800. The average Bonchev–Trinajstić information content (AvgIpc) is 2.30. The van der Waals surface area contributed by atoms with E-state index in [1.165, 1.54) is 19.4 Å². The van der Waals surface area contributed by atoms with E-state index in [9.17, 15) is 0 Å². The Bertz CT molecular complexity index is 206. The minimum Gasteiger partial charge on any atom is -0.374 e. The van der Waals surface area contributed by atoms with Crippen LogP contribution in [0.1, 0.15) is 12.8 Å². The highest BCUT2D eigenvalue weighted by atomic mass is 16.5. The first-order valence-electron chi connectivity index (χ1n) is 6.47. The van der Waals surface area contributed by atoms with E-state index in [0.717, 1.165) is 32.8 Å². The number of nitrogens with one attached hydrogen (secondary N) is 1. The van der Waals surface area contributed by atoms with Crippen LogP contribution in [-0.2, 0) is 4.74 Å². The third kappa shape index (κ3) is 3.42. The van der Waals surface area contributed by atoms with Crippen LogP contribution in [0, 0.1) is 0 Å². The number of morpholine rings is 1. The average molecular weight is 227 g/mol. The Morgan fingerprint density at radius 2 is 2.38 bits per heavy atom. The second kappa shape index (κ2) is 5.96. The number of hydrogen-bond acceptors (Lipinski definition) is 4. The minimum atomic E-state index is 0.394. The number of ether oxygens (including phenoxy) is 1. The van der Waals surface area contributed by atoms with E-state index in [-0.39, 0.29) is 0 Å². The highest BCUT2D eigenvalue weighted by Crippen LogP contribution is 2.11. The van der Waals surface area contributed by atoms with Gasteiger partial charge in [0.2, 0.25) is 0 Å². The van der Waals surface area contributed by atoms with E-state index >= 15 is 0 Å². The van der Waals surface area contributed by atoms with E-state index < -0.39 is 0 Å². The Kier molecular flexibility index (Phi) is 4.58. The molecule has 0 aromatic carbocycles. The molecule has 0 radical (unpaired) electrons. The smallest absolute Gasteiger partial charge is 0.0829 e. The van der Waals surface area contributed by atoms with E-state index in [4.69, 9.17) is 4.74 Å². The standard InChI is InChI=1S/C12H25N3O/c1-14-6-7-16-12(9-14)10-15(2)11-4-3-5-13-8-11/h11-13H,3-10H2,1-2H3. The first kappa shape index (κ1) is 12.3. The summed E-state index contributed by atoms with van der Waals surface area (Å²) in [4.78, 5) is 4.83. The summed E-state index contributed by atoms with van der Waals surface area (Å²) in [5, 5.41) is 3.47. The zero-order valence-corrected chi connectivity index (χ0v) is 10.6. The molecule has 2 rings (SSSR count). The molecule has 2 heterocycles. The lowest BCUT2D eigenvalue weighted by Crippen LogP contribution is -2.50. The fourth-order valence-electron chi connectivity index (χ4n) is 2.66. The van der Waals surface area contributed by atoms with Crippen molar-refractivity contribution in [2.24, 2.45) is 0 Å². The zero-order chi connectivity index (χ0) is 11.4. The van der Waals surface area contributed by atoms with E-state index in [1.54, 1.807) is 0 Å². The molecule has 4 nitrogen and oxygen atoms in total. The van der Waals surface area contributed by atoms with Gasteiger partial charge >= 0.3 is 0 Å². The highest BCUT2D eigenvalue weighted by Gasteiger charge is 2.23. The number of nitrogens with zero attached hydrogens (tertiary/aromatic N) is 2. The van der Waals surface area contributed by atoms with Gasteiger partial charge in [-0.2, -0.15) is 0 Å². The normalized spacial score (nSPS) is 33.2. The first-order chi connectivity index (χ1) is 7.75. The summed E-state index contributed by atoms with van der Waals surface area (Å²) in [5.41, 5.74) is 0. The fraction of sp³-hybridized carbons (Fsp3) is 1.00. The van der Waals surface area contributed by atoms with Crippen molar-refractivity contribution in [1.29, 1.82) is 0 Å². The van der Waals surface area contributed by atoms with Gasteiger partial charge in [0.25, 0.3) is 0 Å². The lowest BCUT2D eigenvalue weighted by atomic mass is 10.1. The van der Waals surface area contributed by atoms with E-state index in [2.05, 4.69) is 29.2 Å². The van der Waals surface area contributed by atoms with Gasteiger partial charge in [-0.15, -0.1) is 0 Å². The molecule has 4 heteroatoms. The largest absolute Gasteiger partial charge is 0.374 e. The summed E-state index contributed by atoms with van der Waals surface area (Å²) in [6.45, 7) is 6.43. The summed E-state index contributed by atoms with van der Waals surface area (Å²) >= 11 is 0. The van der Waals surface area contributed by atoms with Gasteiger partial charge in [-0.3, -0.25) is 4.90 Å². The van der Waals surface area contributed by atoms with Gasteiger partial charge in [0.15, 0.2) is 0 Å². The topological polar surface area (TPSA) is 27.7 Å². The molecular weight excluding hydrogens is 202 g/mol. The van der Waals surface area contributed by atoms with E-state index in [1.807, 2.05) is 0 Å². The van der Waals surface area contributed by atoms with Crippen molar-refractivity contribution < 1.29 is 4.74 Å². The maximum absolute atomic E-state index is 5.81. The van der Waals surface area contributed by atoms with Crippen molar-refractivity contribution in [3.8, 4) is 0 Å². The summed E-state index contributed by atoms with van der Waals surface area (Å²) in [5.74, 6) is 0. The van der Waals surface area contributed by atoms with Gasteiger partial charge in [-0.25, -0.2) is 0 Å². The molecule has 16 heavy (non-hydrogen) atoms. The van der Waals surface area contributed by atoms with Crippen LogP contribution in [0.15, 0.2) is 0 Å². The zero-order valence-electron chi connectivity index (χ0n) is 10.6. The van der Waals surface area contributed by atoms with Crippen LogP contribution >= 0.6 is 0 Å². The lowest BCUT2D eigenvalue weighted by Gasteiger charge is -2.37. The Labute approximate surface area is 98.9 Å². The summed E-state index contributed by atoms with van der Waals surface area (Å²) in [7, 11) is 4.41. The van der Waals surface area contributed by atoms with Gasteiger partial charge in [-0.1, -0.05) is 0 Å². The van der Waals surface area contributed by atoms with Crippen molar-refractivity contribution in [2.45, 2.75) is 25.0 Å². The Morgan fingerprint density at radius 1 is 1.50 bits per heavy atom. The summed E-state index contributed by atoms with van der Waals surface area (Å²) < 4.78 is 5.81. The molecule has 2 saturated heterocycles. The highest BCUT2D eigenvalue weighted by molar-refractivity contribution is 4.80. The summed E-state index contributed by atoms with van der Waals surface area (Å²) in [6.07, 6.45) is 3.03. The lowest BCUT2D eigenvalue weighted by molar-refractivity contribution is -0.0383. The molecule has 2 atom stereocenters. The third-order valence-corrected chi connectivity index (χ3v) is 3.73. The van der Waals surface area contributed by atoms with Gasteiger partial charge < -0.3 is 15.0 Å². The van der Waals surface area contributed by atoms with Crippen molar-refractivity contribution >= 4 is 0 Å². The van der Waals surface area contributed by atoms with Crippen molar-refractivity contribution in [3.63, 3.8) is 0 Å². The molecular formula is C12H25N3O. The molecule has 0 spiro atoms. The van der Waals surface area contributed by atoms with E-state index in [0.29, 0.717) is 12.1 Å². The molecule has 0 aliphatic carbocycles. The molecule has 0 amide bonds. The van der Waals surface area contributed by atoms with Crippen LogP contribution in [0.25, 0.3) is 0 Å². The van der Waals surface area contributed by atoms with Gasteiger partial charge in [-0.05, 0) is 33.5 Å². The molecule has 2 unspecified atom stereocenters. The molecule has 0 aromatic rings. The molecule has 0 saturated carbocycles. The molecule has 94 valence electrons. The fourth-order valence-corrected chi connectivity index (χ4v) is 2.66. The SMILES string of the molecule is CN1CCOC(CN(C)C2CCCNC2)C1. The maximum atomic E-state index is 5.81. The van der Waals surface area contributed by atoms with Crippen LogP contribution < -0.4 is 5.32 Å². The Morgan fingerprint density at radius 3 is 3.06 bits per heavy atom. The first-order valence-corrected chi connectivity index (χ1v) is 6.47. The summed E-state index contributed by atoms with van der Waals surface area (Å²) in [6, 6.07) is 0.699. The molecule has 0 aromatic heterocycles. The van der Waals surface area contributed by atoms with Gasteiger partial charge in [0.1, 0.15) is 0 Å². The number of likely N-dealkylation sites (N-methyl/N-ethyl adjacent to an activating group) is 2. The minimum absolute atomic E-state index is 0.394. The van der Waals surface area contributed by atoms with Gasteiger partial charge in [0, 0.05) is 32.2 Å². The third-order valence-electron chi connectivity index (χ3n) is 3.73. The predicted molar refractivity (Wildman–Crippen MR) is 65.8 cm³/mol. The van der Waals surface area contributed by atoms with Crippen molar-refractivity contribution in [1.82, 2.24) is 15.1 Å². The van der Waals surface area contributed by atoms with Gasteiger partial charge in [0.05, 0.1) is 12.7 Å². The van der Waals surface area contributed by atoms with Crippen LogP contribution in [0.4, 0.5) is 0 Å². The maximum Gasteiger partial charge on any atom is 0.0829 e. The quantitative estimate of drug-likeness (QED) is 0.734.